The number of aromatic carboxylic acids is 1. The number of carbonyl (C=O) groups is 3. The molecule has 0 unspecified atom stereocenters. The zero-order valence-corrected chi connectivity index (χ0v) is 16.8. The molecular weight excluding hydrogens is 384 g/mol. The van der Waals surface area contributed by atoms with Crippen molar-refractivity contribution in [2.24, 2.45) is 5.92 Å². The Bertz CT molecular complexity index is 1140. The molecule has 0 radical (unpaired) electrons. The highest BCUT2D eigenvalue weighted by molar-refractivity contribution is 6.19. The number of rotatable bonds is 5. The molecule has 1 aromatic carbocycles. The van der Waals surface area contributed by atoms with E-state index in [0.29, 0.717) is 22.7 Å². The van der Waals surface area contributed by atoms with Gasteiger partial charge in [-0.1, -0.05) is 26.0 Å². The first-order valence-electron chi connectivity index (χ1n) is 9.35. The number of benzene rings is 1. The predicted molar refractivity (Wildman–Crippen MR) is 109 cm³/mol. The van der Waals surface area contributed by atoms with Crippen LogP contribution in [-0.2, 0) is 9.59 Å². The van der Waals surface area contributed by atoms with Gasteiger partial charge in [0.05, 0.1) is 5.56 Å². The van der Waals surface area contributed by atoms with Gasteiger partial charge < -0.3 is 9.52 Å². The highest BCUT2D eigenvalue weighted by Crippen LogP contribution is 2.30. The summed E-state index contributed by atoms with van der Waals surface area (Å²) < 4.78 is 5.79. The zero-order chi connectivity index (χ0) is 22.0. The number of carboxylic acid groups (broad SMARTS) is 1. The average Bonchev–Trinajstić information content (AvgIpc) is 3.17. The second-order valence-corrected chi connectivity index (χ2v) is 7.37. The summed E-state index contributed by atoms with van der Waals surface area (Å²) in [7, 11) is 0. The maximum atomic E-state index is 12.9. The van der Waals surface area contributed by atoms with Crippen LogP contribution >= 0.6 is 0 Å². The number of carboxylic acids is 1. The van der Waals surface area contributed by atoms with Gasteiger partial charge >= 0.3 is 5.97 Å². The standard InChI is InChI=1S/C23H20N2O5/c1-13(2)12-25-21(26)18(14(3)19(11-24)22(25)27)10-17-7-8-20(30-17)15-5-4-6-16(9-15)23(28)29/h4-10,13H,12H2,1-3H3,(H,28,29)/b18-10+. The molecule has 2 aromatic rings. The summed E-state index contributed by atoms with van der Waals surface area (Å²) in [5, 5.41) is 18.6. The van der Waals surface area contributed by atoms with Crippen molar-refractivity contribution in [3.63, 3.8) is 0 Å². The molecule has 1 aliphatic heterocycles. The molecular formula is C23H20N2O5. The van der Waals surface area contributed by atoms with E-state index in [1.54, 1.807) is 31.2 Å². The van der Waals surface area contributed by atoms with Crippen LogP contribution in [0, 0.1) is 17.2 Å². The van der Waals surface area contributed by atoms with Crippen LogP contribution in [0.25, 0.3) is 17.4 Å². The van der Waals surface area contributed by atoms with Gasteiger partial charge in [0.25, 0.3) is 11.8 Å². The summed E-state index contributed by atoms with van der Waals surface area (Å²) >= 11 is 0. The Balaban J connectivity index is 2.02. The Hall–Kier alpha value is -3.92. The fourth-order valence-corrected chi connectivity index (χ4v) is 3.19. The lowest BCUT2D eigenvalue weighted by molar-refractivity contribution is -0.141. The second-order valence-electron chi connectivity index (χ2n) is 7.37. The quantitative estimate of drug-likeness (QED) is 0.598. The molecule has 0 saturated carbocycles. The van der Waals surface area contributed by atoms with E-state index >= 15 is 0 Å². The Morgan fingerprint density at radius 2 is 1.97 bits per heavy atom. The van der Waals surface area contributed by atoms with Crippen molar-refractivity contribution >= 4 is 23.9 Å². The van der Waals surface area contributed by atoms with Crippen LogP contribution in [0.2, 0.25) is 0 Å². The van der Waals surface area contributed by atoms with E-state index in [9.17, 15) is 19.6 Å². The smallest absolute Gasteiger partial charge is 0.335 e. The van der Waals surface area contributed by atoms with Crippen LogP contribution in [-0.4, -0.2) is 34.3 Å². The fraction of sp³-hybridized carbons (Fsp3) is 0.217. The van der Waals surface area contributed by atoms with Gasteiger partial charge in [0.15, 0.2) is 0 Å². The largest absolute Gasteiger partial charge is 0.478 e. The number of nitriles is 1. The average molecular weight is 404 g/mol. The highest BCUT2D eigenvalue weighted by Gasteiger charge is 2.35. The number of hydrogen-bond donors (Lipinski definition) is 1. The maximum absolute atomic E-state index is 12.9. The van der Waals surface area contributed by atoms with Gasteiger partial charge in [0.1, 0.15) is 23.2 Å². The lowest BCUT2D eigenvalue weighted by atomic mass is 9.94. The summed E-state index contributed by atoms with van der Waals surface area (Å²) in [6.45, 7) is 5.53. The minimum absolute atomic E-state index is 0.0502. The molecule has 0 saturated heterocycles. The molecule has 0 bridgehead atoms. The molecule has 2 amide bonds. The van der Waals surface area contributed by atoms with Crippen LogP contribution in [0.5, 0.6) is 0 Å². The van der Waals surface area contributed by atoms with Crippen LogP contribution in [0.4, 0.5) is 0 Å². The maximum Gasteiger partial charge on any atom is 0.335 e. The summed E-state index contributed by atoms with van der Waals surface area (Å²) in [5.74, 6) is -1.27. The third-order valence-electron chi connectivity index (χ3n) is 4.68. The minimum Gasteiger partial charge on any atom is -0.478 e. The van der Waals surface area contributed by atoms with E-state index in [1.165, 1.54) is 18.2 Å². The van der Waals surface area contributed by atoms with Crippen LogP contribution in [0.3, 0.4) is 0 Å². The topological polar surface area (TPSA) is 112 Å². The molecule has 3 rings (SSSR count). The summed E-state index contributed by atoms with van der Waals surface area (Å²) in [6, 6.07) is 11.5. The second kappa shape index (κ2) is 8.21. The van der Waals surface area contributed by atoms with E-state index in [1.807, 2.05) is 19.9 Å². The molecule has 0 fully saturated rings. The molecule has 0 atom stereocenters. The predicted octanol–water partition coefficient (Wildman–Crippen LogP) is 3.89. The number of nitrogens with zero attached hydrogens (tertiary/aromatic N) is 2. The van der Waals surface area contributed by atoms with Gasteiger partial charge in [-0.25, -0.2) is 4.79 Å². The van der Waals surface area contributed by atoms with Gasteiger partial charge in [0, 0.05) is 17.7 Å². The molecule has 0 aliphatic carbocycles. The molecule has 152 valence electrons. The molecule has 1 N–H and O–H groups in total. The Labute approximate surface area is 173 Å². The third kappa shape index (κ3) is 3.94. The van der Waals surface area contributed by atoms with Crippen molar-refractivity contribution in [2.75, 3.05) is 6.54 Å². The van der Waals surface area contributed by atoms with E-state index in [0.717, 1.165) is 4.90 Å². The van der Waals surface area contributed by atoms with E-state index in [4.69, 9.17) is 9.52 Å². The molecule has 30 heavy (non-hydrogen) atoms. The first-order valence-corrected chi connectivity index (χ1v) is 9.35. The zero-order valence-electron chi connectivity index (χ0n) is 16.8. The highest BCUT2D eigenvalue weighted by atomic mass is 16.4. The van der Waals surface area contributed by atoms with Gasteiger partial charge in [-0.3, -0.25) is 14.5 Å². The molecule has 7 nitrogen and oxygen atoms in total. The van der Waals surface area contributed by atoms with E-state index in [2.05, 4.69) is 0 Å². The van der Waals surface area contributed by atoms with Crippen molar-refractivity contribution in [1.29, 1.82) is 5.26 Å². The molecule has 0 spiro atoms. The monoisotopic (exact) mass is 404 g/mol. The molecule has 1 aromatic heterocycles. The van der Waals surface area contributed by atoms with E-state index in [-0.39, 0.29) is 29.2 Å². The Morgan fingerprint density at radius 1 is 1.23 bits per heavy atom. The van der Waals surface area contributed by atoms with Gasteiger partial charge in [-0.05, 0) is 48.8 Å². The normalized spacial score (nSPS) is 15.8. The first-order chi connectivity index (χ1) is 14.2. The summed E-state index contributed by atoms with van der Waals surface area (Å²) in [5.41, 5.74) is 1.16. The van der Waals surface area contributed by atoms with Crippen molar-refractivity contribution in [1.82, 2.24) is 4.90 Å². The minimum atomic E-state index is -1.04. The number of hydrogen-bond acceptors (Lipinski definition) is 5. The van der Waals surface area contributed by atoms with Crippen molar-refractivity contribution in [3.05, 3.63) is 64.4 Å². The fourth-order valence-electron chi connectivity index (χ4n) is 3.19. The number of imide groups is 1. The van der Waals surface area contributed by atoms with Crippen LogP contribution in [0.1, 0.15) is 36.9 Å². The number of amides is 2. The van der Waals surface area contributed by atoms with Crippen molar-refractivity contribution in [2.45, 2.75) is 20.8 Å². The van der Waals surface area contributed by atoms with E-state index < -0.39 is 17.8 Å². The van der Waals surface area contributed by atoms with Crippen LogP contribution < -0.4 is 0 Å². The number of carbonyl (C=O) groups excluding carboxylic acids is 2. The van der Waals surface area contributed by atoms with Gasteiger partial charge in [-0.2, -0.15) is 5.26 Å². The molecule has 2 heterocycles. The van der Waals surface area contributed by atoms with Crippen molar-refractivity contribution in [3.8, 4) is 17.4 Å². The summed E-state index contributed by atoms with van der Waals surface area (Å²) in [4.78, 5) is 37.7. The molecule has 7 heteroatoms. The first kappa shape index (κ1) is 20.8. The van der Waals surface area contributed by atoms with Gasteiger partial charge in [0.2, 0.25) is 0 Å². The van der Waals surface area contributed by atoms with Crippen molar-refractivity contribution < 1.29 is 23.9 Å². The third-order valence-corrected chi connectivity index (χ3v) is 4.68. The lowest BCUT2D eigenvalue weighted by Gasteiger charge is -2.28. The lowest BCUT2D eigenvalue weighted by Crippen LogP contribution is -2.44. The van der Waals surface area contributed by atoms with Crippen LogP contribution in [0.15, 0.2) is 57.5 Å². The summed E-state index contributed by atoms with van der Waals surface area (Å²) in [6.07, 6.45) is 1.50. The Morgan fingerprint density at radius 3 is 2.60 bits per heavy atom. The Kier molecular flexibility index (Phi) is 5.70. The SMILES string of the molecule is CC1=C(C#N)C(=O)N(CC(C)C)C(=O)/C1=C/c1ccc(-c2cccc(C(=O)O)c2)o1. The number of furan rings is 1. The molecule has 1 aliphatic rings. The van der Waals surface area contributed by atoms with Gasteiger partial charge in [-0.15, -0.1) is 0 Å².